The zero-order chi connectivity index (χ0) is 20.6. The maximum atomic E-state index is 12.7. The molecule has 1 aliphatic heterocycles. The van der Waals surface area contributed by atoms with Crippen molar-refractivity contribution in [3.63, 3.8) is 0 Å². The number of hydrogen-bond donors (Lipinski definition) is 2. The Bertz CT molecular complexity index is 703. The van der Waals surface area contributed by atoms with Crippen LogP contribution < -0.4 is 20.1 Å². The Morgan fingerprint density at radius 2 is 1.86 bits per heavy atom. The normalized spacial score (nSPS) is 20.7. The molecule has 1 saturated heterocycles. The van der Waals surface area contributed by atoms with Crippen LogP contribution in [0.1, 0.15) is 44.9 Å². The Kier molecular flexibility index (Phi) is 7.75. The standard InChI is InChI=1S/C22H33N3O4/c1-28-18-10-11-20(29-2)19(13-18)24-21(26)15-25-12-6-7-16(14-25)22(27)23-17-8-4-3-5-9-17/h10-11,13,16-17H,3-9,12,14-15H2,1-2H3,(H,23,27)(H,24,26). The highest BCUT2D eigenvalue weighted by Crippen LogP contribution is 2.29. The van der Waals surface area contributed by atoms with Crippen LogP contribution in [0.2, 0.25) is 0 Å². The Labute approximate surface area is 173 Å². The third kappa shape index (κ3) is 6.10. The van der Waals surface area contributed by atoms with Gasteiger partial charge in [-0.15, -0.1) is 0 Å². The summed E-state index contributed by atoms with van der Waals surface area (Å²) >= 11 is 0. The number of nitrogens with zero attached hydrogens (tertiary/aromatic N) is 1. The van der Waals surface area contributed by atoms with Crippen molar-refractivity contribution >= 4 is 17.5 Å². The van der Waals surface area contributed by atoms with Gasteiger partial charge in [0.05, 0.1) is 32.4 Å². The molecule has 1 heterocycles. The first-order valence-electron chi connectivity index (χ1n) is 10.6. The average Bonchev–Trinajstić information content (AvgIpc) is 2.74. The summed E-state index contributed by atoms with van der Waals surface area (Å²) in [6.45, 7) is 1.71. The molecule has 0 radical (unpaired) electrons. The summed E-state index contributed by atoms with van der Waals surface area (Å²) in [5, 5.41) is 6.14. The van der Waals surface area contributed by atoms with E-state index in [0.717, 1.165) is 32.2 Å². The number of hydrogen-bond acceptors (Lipinski definition) is 5. The van der Waals surface area contributed by atoms with Crippen molar-refractivity contribution in [2.24, 2.45) is 5.92 Å². The number of methoxy groups -OCH3 is 2. The number of anilines is 1. The van der Waals surface area contributed by atoms with Crippen molar-refractivity contribution in [2.75, 3.05) is 39.2 Å². The number of carbonyl (C=O) groups is 2. The summed E-state index contributed by atoms with van der Waals surface area (Å²) in [4.78, 5) is 27.3. The summed E-state index contributed by atoms with van der Waals surface area (Å²) in [6.07, 6.45) is 7.68. The summed E-state index contributed by atoms with van der Waals surface area (Å²) in [7, 11) is 3.15. The molecule has 2 N–H and O–H groups in total. The van der Waals surface area contributed by atoms with Crippen LogP contribution >= 0.6 is 0 Å². The fourth-order valence-corrected chi connectivity index (χ4v) is 4.28. The van der Waals surface area contributed by atoms with E-state index in [1.807, 2.05) is 0 Å². The van der Waals surface area contributed by atoms with Crippen molar-refractivity contribution in [2.45, 2.75) is 51.0 Å². The van der Waals surface area contributed by atoms with E-state index in [2.05, 4.69) is 15.5 Å². The largest absolute Gasteiger partial charge is 0.497 e. The smallest absolute Gasteiger partial charge is 0.238 e. The summed E-state index contributed by atoms with van der Waals surface area (Å²) in [5.74, 6) is 1.23. The highest BCUT2D eigenvalue weighted by atomic mass is 16.5. The lowest BCUT2D eigenvalue weighted by Crippen LogP contribution is -2.47. The molecule has 0 spiro atoms. The highest BCUT2D eigenvalue weighted by molar-refractivity contribution is 5.94. The number of rotatable bonds is 7. The topological polar surface area (TPSA) is 79.9 Å². The molecule has 1 aromatic rings. The summed E-state index contributed by atoms with van der Waals surface area (Å²) in [5.41, 5.74) is 0.584. The second kappa shape index (κ2) is 10.5. The van der Waals surface area contributed by atoms with E-state index in [4.69, 9.17) is 9.47 Å². The number of amides is 2. The third-order valence-electron chi connectivity index (χ3n) is 5.88. The third-order valence-corrected chi connectivity index (χ3v) is 5.88. The van der Waals surface area contributed by atoms with E-state index < -0.39 is 0 Å². The first-order chi connectivity index (χ1) is 14.1. The number of benzene rings is 1. The average molecular weight is 404 g/mol. The van der Waals surface area contributed by atoms with Gasteiger partial charge < -0.3 is 20.1 Å². The molecule has 2 fully saturated rings. The minimum absolute atomic E-state index is 0.0372. The first kappa shape index (κ1) is 21.4. The molecule has 7 heteroatoms. The number of carbonyl (C=O) groups excluding carboxylic acids is 2. The van der Waals surface area contributed by atoms with Crippen molar-refractivity contribution in [3.8, 4) is 11.5 Å². The minimum Gasteiger partial charge on any atom is -0.497 e. The second-order valence-electron chi connectivity index (χ2n) is 8.03. The molecule has 29 heavy (non-hydrogen) atoms. The SMILES string of the molecule is COc1ccc(OC)c(NC(=O)CN2CCCC(C(=O)NC3CCCCC3)C2)c1. The molecule has 3 rings (SSSR count). The molecular weight excluding hydrogens is 370 g/mol. The van der Waals surface area contributed by atoms with E-state index in [9.17, 15) is 9.59 Å². The Balaban J connectivity index is 1.52. The zero-order valence-corrected chi connectivity index (χ0v) is 17.5. The molecule has 160 valence electrons. The molecule has 1 saturated carbocycles. The van der Waals surface area contributed by atoms with E-state index >= 15 is 0 Å². The lowest BCUT2D eigenvalue weighted by molar-refractivity contribution is -0.128. The van der Waals surface area contributed by atoms with Crippen molar-refractivity contribution < 1.29 is 19.1 Å². The highest BCUT2D eigenvalue weighted by Gasteiger charge is 2.28. The van der Waals surface area contributed by atoms with Gasteiger partial charge in [0.25, 0.3) is 0 Å². The molecule has 7 nitrogen and oxygen atoms in total. The van der Waals surface area contributed by atoms with Gasteiger partial charge in [-0.3, -0.25) is 14.5 Å². The molecule has 1 atom stereocenters. The number of piperidine rings is 1. The molecule has 2 aliphatic rings. The van der Waals surface area contributed by atoms with Crippen LogP contribution in [0.5, 0.6) is 11.5 Å². The van der Waals surface area contributed by atoms with Gasteiger partial charge in [-0.2, -0.15) is 0 Å². The first-order valence-corrected chi connectivity index (χ1v) is 10.6. The fraction of sp³-hybridized carbons (Fsp3) is 0.636. The number of likely N-dealkylation sites (tertiary alicyclic amines) is 1. The lowest BCUT2D eigenvalue weighted by Gasteiger charge is -2.33. The van der Waals surface area contributed by atoms with E-state index in [1.165, 1.54) is 19.3 Å². The van der Waals surface area contributed by atoms with Crippen LogP contribution in [0, 0.1) is 5.92 Å². The predicted molar refractivity (Wildman–Crippen MR) is 112 cm³/mol. The summed E-state index contributed by atoms with van der Waals surface area (Å²) < 4.78 is 10.5. The van der Waals surface area contributed by atoms with Crippen molar-refractivity contribution in [1.29, 1.82) is 0 Å². The van der Waals surface area contributed by atoms with Gasteiger partial charge in [-0.1, -0.05) is 19.3 Å². The van der Waals surface area contributed by atoms with Crippen molar-refractivity contribution in [3.05, 3.63) is 18.2 Å². The van der Waals surface area contributed by atoms with Crippen molar-refractivity contribution in [1.82, 2.24) is 10.2 Å². The molecule has 2 amide bonds. The van der Waals surface area contributed by atoms with Crippen LogP contribution in [0.25, 0.3) is 0 Å². The molecule has 0 bridgehead atoms. The van der Waals surface area contributed by atoms with E-state index in [1.54, 1.807) is 32.4 Å². The number of ether oxygens (including phenoxy) is 2. The molecule has 0 aromatic heterocycles. The molecule has 1 unspecified atom stereocenters. The van der Waals surface area contributed by atoms with Gasteiger partial charge in [-0.05, 0) is 44.4 Å². The molecule has 1 aromatic carbocycles. The van der Waals surface area contributed by atoms with Gasteiger partial charge in [0.2, 0.25) is 11.8 Å². The second-order valence-corrected chi connectivity index (χ2v) is 8.03. The minimum atomic E-state index is -0.120. The van der Waals surface area contributed by atoms with E-state index in [0.29, 0.717) is 29.8 Å². The predicted octanol–water partition coefficient (Wildman–Crippen LogP) is 2.80. The maximum Gasteiger partial charge on any atom is 0.238 e. The maximum absolute atomic E-state index is 12.7. The van der Waals surface area contributed by atoms with Gasteiger partial charge in [-0.25, -0.2) is 0 Å². The van der Waals surface area contributed by atoms with Crippen LogP contribution in [-0.2, 0) is 9.59 Å². The zero-order valence-electron chi connectivity index (χ0n) is 17.5. The Hall–Kier alpha value is -2.28. The van der Waals surface area contributed by atoms with Crippen LogP contribution in [0.3, 0.4) is 0 Å². The van der Waals surface area contributed by atoms with E-state index in [-0.39, 0.29) is 24.3 Å². The quantitative estimate of drug-likeness (QED) is 0.732. The van der Waals surface area contributed by atoms with Gasteiger partial charge in [0, 0.05) is 18.7 Å². The van der Waals surface area contributed by atoms with Crippen LogP contribution in [0.15, 0.2) is 18.2 Å². The Morgan fingerprint density at radius 1 is 1.07 bits per heavy atom. The van der Waals surface area contributed by atoms with Gasteiger partial charge in [0.15, 0.2) is 0 Å². The monoisotopic (exact) mass is 403 g/mol. The Morgan fingerprint density at radius 3 is 2.59 bits per heavy atom. The summed E-state index contributed by atoms with van der Waals surface area (Å²) in [6, 6.07) is 5.62. The molecule has 1 aliphatic carbocycles. The fourth-order valence-electron chi connectivity index (χ4n) is 4.28. The molecular formula is C22H33N3O4. The van der Waals surface area contributed by atoms with Crippen LogP contribution in [0.4, 0.5) is 5.69 Å². The van der Waals surface area contributed by atoms with Crippen LogP contribution in [-0.4, -0.2) is 56.6 Å². The number of nitrogens with one attached hydrogen (secondary N) is 2. The van der Waals surface area contributed by atoms with Gasteiger partial charge >= 0.3 is 0 Å². The lowest BCUT2D eigenvalue weighted by atomic mass is 9.93. The van der Waals surface area contributed by atoms with Gasteiger partial charge in [0.1, 0.15) is 11.5 Å².